The number of carbonyl (C=O) groups excluding carboxylic acids is 1. The minimum Gasteiger partial charge on any atom is -0.390 e. The van der Waals surface area contributed by atoms with Crippen molar-refractivity contribution < 1.29 is 9.90 Å². The molecule has 5 nitrogen and oxygen atoms in total. The highest BCUT2D eigenvalue weighted by Crippen LogP contribution is 2.59. The predicted molar refractivity (Wildman–Crippen MR) is 110 cm³/mol. The van der Waals surface area contributed by atoms with Gasteiger partial charge in [-0.15, -0.1) is 0 Å². The fourth-order valence-electron chi connectivity index (χ4n) is 7.18. The molecule has 1 amide bonds. The van der Waals surface area contributed by atoms with E-state index in [4.69, 9.17) is 0 Å². The van der Waals surface area contributed by atoms with Crippen molar-refractivity contribution in [2.75, 3.05) is 13.1 Å². The van der Waals surface area contributed by atoms with E-state index in [1.807, 2.05) is 6.07 Å². The molecule has 3 atom stereocenters. The van der Waals surface area contributed by atoms with E-state index in [2.05, 4.69) is 35.2 Å². The van der Waals surface area contributed by atoms with Crippen molar-refractivity contribution in [1.82, 2.24) is 9.80 Å². The van der Waals surface area contributed by atoms with Crippen LogP contribution < -0.4 is 0 Å². The maximum absolute atomic E-state index is 13.3. The maximum Gasteiger partial charge on any atom is 0.237 e. The van der Waals surface area contributed by atoms with Gasteiger partial charge in [0.1, 0.15) is 6.04 Å². The van der Waals surface area contributed by atoms with E-state index in [1.54, 1.807) is 4.90 Å². The van der Waals surface area contributed by atoms with Gasteiger partial charge in [-0.1, -0.05) is 30.3 Å². The molecule has 4 bridgehead atoms. The van der Waals surface area contributed by atoms with Crippen LogP contribution in [-0.4, -0.2) is 51.1 Å². The normalized spacial score (nSPS) is 37.8. The van der Waals surface area contributed by atoms with Gasteiger partial charge in [0.15, 0.2) is 0 Å². The second-order valence-corrected chi connectivity index (χ2v) is 10.1. The zero-order valence-electron chi connectivity index (χ0n) is 17.1. The van der Waals surface area contributed by atoms with Crippen LogP contribution >= 0.6 is 0 Å². The van der Waals surface area contributed by atoms with Gasteiger partial charge in [-0.25, -0.2) is 0 Å². The number of hydrogen-bond acceptors (Lipinski definition) is 4. The topological polar surface area (TPSA) is 67.6 Å². The van der Waals surface area contributed by atoms with E-state index >= 15 is 0 Å². The number of nitrogens with zero attached hydrogens (tertiary/aromatic N) is 3. The van der Waals surface area contributed by atoms with Crippen molar-refractivity contribution in [2.24, 2.45) is 11.8 Å². The molecule has 1 heterocycles. The molecule has 5 aliphatic rings. The van der Waals surface area contributed by atoms with Gasteiger partial charge in [0.2, 0.25) is 5.91 Å². The van der Waals surface area contributed by atoms with Gasteiger partial charge in [-0.2, -0.15) is 5.26 Å². The SMILES string of the molecule is N#C[C@@H]1CCCN1C(=O)CN(Cc1ccccc1)C12CC3CC(CC(O)(C3)C1)C2. The highest BCUT2D eigenvalue weighted by Gasteiger charge is 2.59. The molecule has 6 rings (SSSR count). The Balaban J connectivity index is 1.43. The van der Waals surface area contributed by atoms with Crippen molar-refractivity contribution in [3.05, 3.63) is 35.9 Å². The van der Waals surface area contributed by atoms with Crippen LogP contribution in [0.2, 0.25) is 0 Å². The first-order valence-corrected chi connectivity index (χ1v) is 11.2. The van der Waals surface area contributed by atoms with Crippen molar-refractivity contribution in [1.29, 1.82) is 5.26 Å². The fourth-order valence-corrected chi connectivity index (χ4v) is 7.18. The lowest BCUT2D eigenvalue weighted by Gasteiger charge is -2.63. The second-order valence-electron chi connectivity index (χ2n) is 10.1. The average Bonchev–Trinajstić information content (AvgIpc) is 3.15. The number of likely N-dealkylation sites (tertiary alicyclic amines) is 1. The third-order valence-corrected chi connectivity index (χ3v) is 7.93. The molecule has 0 radical (unpaired) electrons. The smallest absolute Gasteiger partial charge is 0.237 e. The molecular weight excluding hydrogens is 362 g/mol. The third kappa shape index (κ3) is 3.47. The van der Waals surface area contributed by atoms with Crippen LogP contribution in [0.15, 0.2) is 30.3 Å². The van der Waals surface area contributed by atoms with Crippen LogP contribution in [0, 0.1) is 23.2 Å². The molecule has 1 aromatic rings. The van der Waals surface area contributed by atoms with Crippen LogP contribution in [0.4, 0.5) is 0 Å². The molecule has 2 unspecified atom stereocenters. The molecule has 1 aliphatic heterocycles. The molecule has 5 heteroatoms. The standard InChI is InChI=1S/C24H31N3O2/c25-14-21-7-4-8-27(21)22(28)16-26(15-18-5-2-1-3-6-18)23-10-19-9-20(11-23)13-24(29,12-19)17-23/h1-3,5-6,19-21,29H,4,7-13,15-17H2/t19?,20?,21-,23?,24?/m0/s1. The van der Waals surface area contributed by atoms with Crippen molar-refractivity contribution >= 4 is 5.91 Å². The van der Waals surface area contributed by atoms with Crippen LogP contribution in [0.25, 0.3) is 0 Å². The lowest BCUT2D eigenvalue weighted by Crippen LogP contribution is -2.66. The van der Waals surface area contributed by atoms with Crippen LogP contribution in [-0.2, 0) is 11.3 Å². The fraction of sp³-hybridized carbons (Fsp3) is 0.667. The number of hydrogen-bond donors (Lipinski definition) is 1. The first-order chi connectivity index (χ1) is 14.0. The summed E-state index contributed by atoms with van der Waals surface area (Å²) >= 11 is 0. The van der Waals surface area contributed by atoms with Crippen molar-refractivity contribution in [3.8, 4) is 6.07 Å². The van der Waals surface area contributed by atoms with Gasteiger partial charge in [-0.05, 0) is 68.8 Å². The molecule has 0 aromatic heterocycles. The minimum atomic E-state index is -0.551. The molecule has 154 valence electrons. The summed E-state index contributed by atoms with van der Waals surface area (Å²) in [7, 11) is 0. The highest BCUT2D eigenvalue weighted by molar-refractivity contribution is 5.79. The molecule has 5 fully saturated rings. The predicted octanol–water partition coefficient (Wildman–Crippen LogP) is 3.09. The number of carbonyl (C=O) groups is 1. The van der Waals surface area contributed by atoms with E-state index in [-0.39, 0.29) is 17.5 Å². The Morgan fingerprint density at radius 3 is 2.59 bits per heavy atom. The summed E-state index contributed by atoms with van der Waals surface area (Å²) in [5.41, 5.74) is 0.568. The molecule has 1 N–H and O–H groups in total. The van der Waals surface area contributed by atoms with E-state index in [0.717, 1.165) is 51.5 Å². The van der Waals surface area contributed by atoms with E-state index in [0.29, 0.717) is 24.9 Å². The zero-order valence-corrected chi connectivity index (χ0v) is 17.1. The third-order valence-electron chi connectivity index (χ3n) is 7.93. The van der Waals surface area contributed by atoms with Gasteiger partial charge in [0.25, 0.3) is 0 Å². The molecule has 1 saturated heterocycles. The Morgan fingerprint density at radius 2 is 1.93 bits per heavy atom. The first-order valence-electron chi connectivity index (χ1n) is 11.2. The monoisotopic (exact) mass is 393 g/mol. The van der Waals surface area contributed by atoms with Gasteiger partial charge in [0.05, 0.1) is 18.2 Å². The molecule has 4 aliphatic carbocycles. The zero-order chi connectivity index (χ0) is 20.1. The Labute approximate surface area is 173 Å². The Hall–Kier alpha value is -1.90. The van der Waals surface area contributed by atoms with Crippen molar-refractivity contribution in [3.63, 3.8) is 0 Å². The summed E-state index contributed by atoms with van der Waals surface area (Å²) in [6.45, 7) is 1.77. The number of nitriles is 1. The Kier molecular flexibility index (Phi) is 4.68. The Bertz CT molecular complexity index is 803. The van der Waals surface area contributed by atoms with E-state index in [9.17, 15) is 15.2 Å². The van der Waals surface area contributed by atoms with Gasteiger partial charge < -0.3 is 10.0 Å². The van der Waals surface area contributed by atoms with Crippen LogP contribution in [0.5, 0.6) is 0 Å². The largest absolute Gasteiger partial charge is 0.390 e. The number of amides is 1. The minimum absolute atomic E-state index is 0.0766. The summed E-state index contributed by atoms with van der Waals surface area (Å²) in [4.78, 5) is 17.4. The summed E-state index contributed by atoms with van der Waals surface area (Å²) in [6, 6.07) is 12.4. The van der Waals surface area contributed by atoms with Gasteiger partial charge in [-0.3, -0.25) is 9.69 Å². The van der Waals surface area contributed by atoms with E-state index in [1.165, 1.54) is 12.0 Å². The number of benzene rings is 1. The van der Waals surface area contributed by atoms with Crippen LogP contribution in [0.1, 0.15) is 56.9 Å². The van der Waals surface area contributed by atoms with Crippen molar-refractivity contribution in [2.45, 2.75) is 75.1 Å². The molecule has 1 aromatic carbocycles. The quantitative estimate of drug-likeness (QED) is 0.835. The lowest BCUT2D eigenvalue weighted by atomic mass is 9.50. The number of aliphatic hydroxyl groups is 1. The summed E-state index contributed by atoms with van der Waals surface area (Å²) in [6.07, 6.45) is 7.77. The maximum atomic E-state index is 13.3. The van der Waals surface area contributed by atoms with Crippen LogP contribution in [0.3, 0.4) is 0 Å². The van der Waals surface area contributed by atoms with Gasteiger partial charge >= 0.3 is 0 Å². The lowest BCUT2D eigenvalue weighted by molar-refractivity contribution is -0.180. The molecule has 4 saturated carbocycles. The van der Waals surface area contributed by atoms with E-state index < -0.39 is 5.60 Å². The number of rotatable bonds is 5. The summed E-state index contributed by atoms with van der Waals surface area (Å²) < 4.78 is 0. The molecule has 29 heavy (non-hydrogen) atoms. The average molecular weight is 394 g/mol. The summed E-state index contributed by atoms with van der Waals surface area (Å²) in [5.74, 6) is 1.23. The summed E-state index contributed by atoms with van der Waals surface area (Å²) in [5, 5.41) is 20.7. The molecular formula is C24H31N3O2. The Morgan fingerprint density at radius 1 is 1.21 bits per heavy atom. The van der Waals surface area contributed by atoms with Gasteiger partial charge in [0, 0.05) is 18.6 Å². The molecule has 0 spiro atoms. The second kappa shape index (κ2) is 7.11. The highest BCUT2D eigenvalue weighted by atomic mass is 16.3. The first kappa shape index (κ1) is 19.1.